The number of nitrogens with zero attached hydrogens (tertiary/aromatic N) is 4. The quantitative estimate of drug-likeness (QED) is 0.785. The van der Waals surface area contributed by atoms with E-state index in [4.69, 9.17) is 9.84 Å². The van der Waals surface area contributed by atoms with E-state index in [2.05, 4.69) is 33.8 Å². The number of pyridine rings is 1. The Balaban J connectivity index is 1.51. The van der Waals surface area contributed by atoms with Crippen LogP contribution in [0.2, 0.25) is 0 Å². The predicted octanol–water partition coefficient (Wildman–Crippen LogP) is 2.82. The molecule has 2 aliphatic rings. The summed E-state index contributed by atoms with van der Waals surface area (Å²) in [5.41, 5.74) is 3.89. The Morgan fingerprint density at radius 1 is 1.33 bits per heavy atom. The lowest BCUT2D eigenvalue weighted by molar-refractivity contribution is 0.104. The van der Waals surface area contributed by atoms with Gasteiger partial charge in [-0.1, -0.05) is 6.07 Å². The summed E-state index contributed by atoms with van der Waals surface area (Å²) >= 11 is 0. The maximum absolute atomic E-state index is 5.74. The molecule has 1 aliphatic heterocycles. The van der Waals surface area contributed by atoms with E-state index in [1.54, 1.807) is 0 Å². The summed E-state index contributed by atoms with van der Waals surface area (Å²) in [5, 5.41) is 4.90. The molecule has 0 spiro atoms. The van der Waals surface area contributed by atoms with Crippen LogP contribution < -0.4 is 0 Å². The third-order valence-corrected chi connectivity index (χ3v) is 4.92. The average Bonchev–Trinajstić information content (AvgIpc) is 3.31. The number of rotatable bonds is 7. The second-order valence-electron chi connectivity index (χ2n) is 7.09. The van der Waals surface area contributed by atoms with E-state index >= 15 is 0 Å². The van der Waals surface area contributed by atoms with Gasteiger partial charge in [-0.2, -0.15) is 5.10 Å². The van der Waals surface area contributed by atoms with E-state index in [0.29, 0.717) is 5.92 Å². The van der Waals surface area contributed by atoms with Gasteiger partial charge in [0.2, 0.25) is 0 Å². The minimum atomic E-state index is 0.367. The smallest absolute Gasteiger partial charge is 0.0736 e. The zero-order valence-electron chi connectivity index (χ0n) is 14.4. The number of fused-ring (bicyclic) bond motifs is 1. The Kier molecular flexibility index (Phi) is 4.63. The lowest BCUT2D eigenvalue weighted by atomic mass is 9.97. The first-order valence-electron chi connectivity index (χ1n) is 9.07. The summed E-state index contributed by atoms with van der Waals surface area (Å²) in [6.45, 7) is 7.56. The first-order chi connectivity index (χ1) is 11.8. The highest BCUT2D eigenvalue weighted by Gasteiger charge is 2.30. The number of ether oxygens (including phenoxy) is 1. The fraction of sp³-hybridized carbons (Fsp3) is 0.579. The molecule has 1 atom stereocenters. The van der Waals surface area contributed by atoms with Crippen molar-refractivity contribution < 1.29 is 4.74 Å². The van der Waals surface area contributed by atoms with Crippen LogP contribution in [0.25, 0.3) is 0 Å². The largest absolute Gasteiger partial charge is 0.381 e. The van der Waals surface area contributed by atoms with Gasteiger partial charge in [0.05, 0.1) is 12.3 Å². The van der Waals surface area contributed by atoms with Crippen LogP contribution in [0.4, 0.5) is 0 Å². The second-order valence-corrected chi connectivity index (χ2v) is 7.09. The summed E-state index contributed by atoms with van der Waals surface area (Å²) in [6.07, 6.45) is 8.78. The molecule has 0 saturated heterocycles. The minimum Gasteiger partial charge on any atom is -0.381 e. The van der Waals surface area contributed by atoms with Crippen molar-refractivity contribution in [2.75, 3.05) is 19.8 Å². The minimum absolute atomic E-state index is 0.367. The van der Waals surface area contributed by atoms with Crippen molar-refractivity contribution in [2.24, 2.45) is 5.92 Å². The third kappa shape index (κ3) is 3.68. The van der Waals surface area contributed by atoms with E-state index in [9.17, 15) is 0 Å². The molecule has 5 heteroatoms. The van der Waals surface area contributed by atoms with Gasteiger partial charge in [0.1, 0.15) is 0 Å². The molecule has 0 radical (unpaired) electrons. The molecule has 1 saturated carbocycles. The highest BCUT2D eigenvalue weighted by Crippen LogP contribution is 2.33. The number of hydrogen-bond acceptors (Lipinski definition) is 4. The SMILES string of the molecule is CCOC[C@@H]1CN(Cc2cccnc2)Cc2cn(CC3CC3)nc21. The molecule has 128 valence electrons. The third-order valence-electron chi connectivity index (χ3n) is 4.92. The van der Waals surface area contributed by atoms with Crippen molar-refractivity contribution >= 4 is 0 Å². The molecule has 4 rings (SSSR count). The molecule has 0 unspecified atom stereocenters. The lowest BCUT2D eigenvalue weighted by Gasteiger charge is -2.31. The van der Waals surface area contributed by atoms with Crippen molar-refractivity contribution in [1.82, 2.24) is 19.7 Å². The van der Waals surface area contributed by atoms with Crippen LogP contribution in [0.15, 0.2) is 30.7 Å². The van der Waals surface area contributed by atoms with Crippen molar-refractivity contribution in [3.05, 3.63) is 47.5 Å². The van der Waals surface area contributed by atoms with Gasteiger partial charge in [0.25, 0.3) is 0 Å². The van der Waals surface area contributed by atoms with Crippen LogP contribution in [0.3, 0.4) is 0 Å². The van der Waals surface area contributed by atoms with E-state index in [-0.39, 0.29) is 0 Å². The van der Waals surface area contributed by atoms with Crippen molar-refractivity contribution in [1.29, 1.82) is 0 Å². The highest BCUT2D eigenvalue weighted by molar-refractivity contribution is 5.25. The van der Waals surface area contributed by atoms with Crippen molar-refractivity contribution in [2.45, 2.75) is 45.3 Å². The Labute approximate surface area is 143 Å². The van der Waals surface area contributed by atoms with Gasteiger partial charge in [-0.15, -0.1) is 0 Å². The van der Waals surface area contributed by atoms with Gasteiger partial charge in [0.15, 0.2) is 0 Å². The molecule has 5 nitrogen and oxygen atoms in total. The fourth-order valence-electron chi connectivity index (χ4n) is 3.57. The maximum Gasteiger partial charge on any atom is 0.0736 e. The van der Waals surface area contributed by atoms with Gasteiger partial charge in [-0.3, -0.25) is 14.6 Å². The summed E-state index contributed by atoms with van der Waals surface area (Å²) in [6, 6.07) is 4.16. The molecule has 0 aromatic carbocycles. The van der Waals surface area contributed by atoms with Gasteiger partial charge >= 0.3 is 0 Å². The lowest BCUT2D eigenvalue weighted by Crippen LogP contribution is -2.34. The topological polar surface area (TPSA) is 43.2 Å². The Bertz CT molecular complexity index is 665. The summed E-state index contributed by atoms with van der Waals surface area (Å²) in [4.78, 5) is 6.73. The summed E-state index contributed by atoms with van der Waals surface area (Å²) < 4.78 is 7.92. The van der Waals surface area contributed by atoms with E-state index in [1.165, 1.54) is 29.7 Å². The maximum atomic E-state index is 5.74. The van der Waals surface area contributed by atoms with Gasteiger partial charge in [-0.25, -0.2) is 0 Å². The molecule has 0 amide bonds. The van der Waals surface area contributed by atoms with Gasteiger partial charge in [-0.05, 0) is 37.3 Å². The van der Waals surface area contributed by atoms with Crippen LogP contribution in [0, 0.1) is 5.92 Å². The van der Waals surface area contributed by atoms with E-state index in [0.717, 1.165) is 45.3 Å². The molecule has 1 aliphatic carbocycles. The average molecular weight is 326 g/mol. The Morgan fingerprint density at radius 2 is 2.25 bits per heavy atom. The fourth-order valence-corrected chi connectivity index (χ4v) is 3.57. The Morgan fingerprint density at radius 3 is 3.00 bits per heavy atom. The van der Waals surface area contributed by atoms with Crippen LogP contribution in [0.5, 0.6) is 0 Å². The second kappa shape index (κ2) is 7.03. The number of hydrogen-bond donors (Lipinski definition) is 0. The molecule has 2 aromatic rings. The summed E-state index contributed by atoms with van der Waals surface area (Å²) in [7, 11) is 0. The zero-order chi connectivity index (χ0) is 16.4. The van der Waals surface area contributed by atoms with Gasteiger partial charge in [0, 0.05) is 62.9 Å². The molecule has 0 bridgehead atoms. The number of aromatic nitrogens is 3. The zero-order valence-corrected chi connectivity index (χ0v) is 14.4. The van der Waals surface area contributed by atoms with Crippen molar-refractivity contribution in [3.8, 4) is 0 Å². The monoisotopic (exact) mass is 326 g/mol. The first-order valence-corrected chi connectivity index (χ1v) is 9.07. The Hall–Kier alpha value is -1.72. The molecular formula is C19H26N4O. The molecule has 1 fully saturated rings. The van der Waals surface area contributed by atoms with Crippen LogP contribution in [-0.2, 0) is 24.4 Å². The highest BCUT2D eigenvalue weighted by atomic mass is 16.5. The van der Waals surface area contributed by atoms with Crippen LogP contribution in [-0.4, -0.2) is 39.4 Å². The van der Waals surface area contributed by atoms with Gasteiger partial charge < -0.3 is 4.74 Å². The van der Waals surface area contributed by atoms with Crippen LogP contribution >= 0.6 is 0 Å². The van der Waals surface area contributed by atoms with Crippen molar-refractivity contribution in [3.63, 3.8) is 0 Å². The molecular weight excluding hydrogens is 300 g/mol. The standard InChI is InChI=1S/C19H26N4O/c1-2-24-14-18-12-22(9-16-4-3-7-20-8-16)11-17-13-23(21-19(17)18)10-15-5-6-15/h3-4,7-8,13,15,18H,2,5-6,9-12,14H2,1H3/t18-/m0/s1. The molecule has 2 aromatic heterocycles. The van der Waals surface area contributed by atoms with E-state index < -0.39 is 0 Å². The molecule has 0 N–H and O–H groups in total. The molecule has 3 heterocycles. The first kappa shape index (κ1) is 15.8. The summed E-state index contributed by atoms with van der Waals surface area (Å²) in [5.74, 6) is 1.22. The molecule has 24 heavy (non-hydrogen) atoms. The predicted molar refractivity (Wildman–Crippen MR) is 92.5 cm³/mol. The normalized spacial score (nSPS) is 21.0. The van der Waals surface area contributed by atoms with E-state index in [1.807, 2.05) is 18.5 Å². The van der Waals surface area contributed by atoms with Crippen LogP contribution in [0.1, 0.15) is 42.5 Å².